The van der Waals surface area contributed by atoms with Crippen molar-refractivity contribution >= 4 is 5.97 Å². The Hall–Kier alpha value is -1.09. The van der Waals surface area contributed by atoms with Gasteiger partial charge in [0.15, 0.2) is 0 Å². The van der Waals surface area contributed by atoms with Crippen molar-refractivity contribution in [2.75, 3.05) is 0 Å². The lowest BCUT2D eigenvalue weighted by molar-refractivity contribution is -0.148. The SMILES string of the molecule is C=CC(C)(C)OC(=O)C(=C)C(O)CC. The highest BCUT2D eigenvalue weighted by molar-refractivity contribution is 5.89. The highest BCUT2D eigenvalue weighted by Gasteiger charge is 2.23. The minimum atomic E-state index is -0.830. The normalized spacial score (nSPS) is 13.1. The molecule has 0 rings (SSSR count). The number of carbonyl (C=O) groups is 1. The maximum atomic E-state index is 11.4. The number of esters is 1. The van der Waals surface area contributed by atoms with Crippen LogP contribution in [-0.2, 0) is 9.53 Å². The number of rotatable bonds is 5. The molecule has 0 heterocycles. The summed E-state index contributed by atoms with van der Waals surface area (Å²) in [5.41, 5.74) is -0.643. The molecule has 3 heteroatoms. The first kappa shape index (κ1) is 12.9. The van der Waals surface area contributed by atoms with Gasteiger partial charge in [-0.1, -0.05) is 20.1 Å². The summed E-state index contributed by atoms with van der Waals surface area (Å²) in [5, 5.41) is 9.34. The van der Waals surface area contributed by atoms with Crippen LogP contribution in [0.1, 0.15) is 27.2 Å². The van der Waals surface area contributed by atoms with E-state index in [1.807, 2.05) is 0 Å². The molecule has 0 aromatic heterocycles. The van der Waals surface area contributed by atoms with Crippen molar-refractivity contribution in [2.24, 2.45) is 0 Å². The number of aliphatic hydroxyl groups is 1. The molecule has 1 N–H and O–H groups in total. The molecule has 0 saturated heterocycles. The van der Waals surface area contributed by atoms with Crippen LogP contribution in [0.3, 0.4) is 0 Å². The highest BCUT2D eigenvalue weighted by Crippen LogP contribution is 2.14. The van der Waals surface area contributed by atoms with Gasteiger partial charge in [0.25, 0.3) is 0 Å². The average Bonchev–Trinajstić information content (AvgIpc) is 2.14. The summed E-state index contributed by atoms with van der Waals surface area (Å²) in [7, 11) is 0. The third-order valence-electron chi connectivity index (χ3n) is 1.90. The summed E-state index contributed by atoms with van der Waals surface area (Å²) in [6.07, 6.45) is 1.14. The number of carbonyl (C=O) groups excluding carboxylic acids is 1. The summed E-state index contributed by atoms with van der Waals surface area (Å²) in [5.74, 6) is -0.579. The van der Waals surface area contributed by atoms with E-state index >= 15 is 0 Å². The lowest BCUT2D eigenvalue weighted by Gasteiger charge is -2.22. The van der Waals surface area contributed by atoms with Crippen LogP contribution in [0.4, 0.5) is 0 Å². The van der Waals surface area contributed by atoms with Gasteiger partial charge in [0.2, 0.25) is 0 Å². The van der Waals surface area contributed by atoms with Crippen molar-refractivity contribution in [1.29, 1.82) is 0 Å². The van der Waals surface area contributed by atoms with E-state index in [1.54, 1.807) is 20.8 Å². The standard InChI is InChI=1S/C11H18O3/c1-6-9(12)8(3)10(13)14-11(4,5)7-2/h7,9,12H,2-3,6H2,1,4-5H3. The predicted molar refractivity (Wildman–Crippen MR) is 55.8 cm³/mol. The van der Waals surface area contributed by atoms with Gasteiger partial charge in [-0.3, -0.25) is 0 Å². The van der Waals surface area contributed by atoms with E-state index < -0.39 is 17.7 Å². The molecule has 0 fully saturated rings. The minimum absolute atomic E-state index is 0.0856. The number of aliphatic hydroxyl groups excluding tert-OH is 1. The van der Waals surface area contributed by atoms with Crippen LogP contribution in [-0.4, -0.2) is 22.8 Å². The fraction of sp³-hybridized carbons (Fsp3) is 0.545. The molecule has 1 atom stereocenters. The van der Waals surface area contributed by atoms with Gasteiger partial charge in [-0.2, -0.15) is 0 Å². The molecule has 0 amide bonds. The second-order valence-electron chi connectivity index (χ2n) is 3.65. The van der Waals surface area contributed by atoms with E-state index in [9.17, 15) is 9.90 Å². The molecule has 80 valence electrons. The van der Waals surface area contributed by atoms with Crippen LogP contribution in [0.5, 0.6) is 0 Å². The minimum Gasteiger partial charge on any atom is -0.452 e. The molecule has 0 bridgehead atoms. The van der Waals surface area contributed by atoms with Crippen LogP contribution < -0.4 is 0 Å². The molecule has 0 aromatic carbocycles. The van der Waals surface area contributed by atoms with Crippen molar-refractivity contribution in [3.63, 3.8) is 0 Å². The van der Waals surface area contributed by atoms with Crippen molar-refractivity contribution in [2.45, 2.75) is 38.9 Å². The largest absolute Gasteiger partial charge is 0.452 e. The summed E-state index contributed by atoms with van der Waals surface area (Å²) < 4.78 is 5.06. The van der Waals surface area contributed by atoms with Gasteiger partial charge in [0.05, 0.1) is 11.7 Å². The van der Waals surface area contributed by atoms with Gasteiger partial charge in [0.1, 0.15) is 5.60 Å². The fourth-order valence-electron chi connectivity index (χ4n) is 0.729. The monoisotopic (exact) mass is 198 g/mol. The van der Waals surface area contributed by atoms with Gasteiger partial charge in [0, 0.05) is 0 Å². The molecule has 0 aromatic rings. The number of hydrogen-bond acceptors (Lipinski definition) is 3. The number of ether oxygens (including phenoxy) is 1. The Bertz CT molecular complexity index is 241. The van der Waals surface area contributed by atoms with Crippen LogP contribution in [0.2, 0.25) is 0 Å². The van der Waals surface area contributed by atoms with Crippen LogP contribution >= 0.6 is 0 Å². The maximum absolute atomic E-state index is 11.4. The summed E-state index contributed by atoms with van der Waals surface area (Å²) in [6.45, 7) is 12.2. The van der Waals surface area contributed by atoms with Crippen molar-refractivity contribution in [3.05, 3.63) is 24.8 Å². The Morgan fingerprint density at radius 2 is 2.14 bits per heavy atom. The predicted octanol–water partition coefficient (Wildman–Crippen LogP) is 1.82. The number of hydrogen-bond donors (Lipinski definition) is 1. The third kappa shape index (κ3) is 3.75. The molecular weight excluding hydrogens is 180 g/mol. The Morgan fingerprint density at radius 3 is 2.50 bits per heavy atom. The zero-order valence-corrected chi connectivity index (χ0v) is 9.04. The molecule has 0 aliphatic rings. The zero-order valence-electron chi connectivity index (χ0n) is 9.04. The third-order valence-corrected chi connectivity index (χ3v) is 1.90. The van der Waals surface area contributed by atoms with E-state index in [2.05, 4.69) is 13.2 Å². The summed E-state index contributed by atoms with van der Waals surface area (Å²) in [6, 6.07) is 0. The highest BCUT2D eigenvalue weighted by atomic mass is 16.6. The maximum Gasteiger partial charge on any atom is 0.336 e. The molecular formula is C11H18O3. The summed E-state index contributed by atoms with van der Waals surface area (Å²) in [4.78, 5) is 11.4. The molecule has 0 spiro atoms. The first-order chi connectivity index (χ1) is 6.34. The van der Waals surface area contributed by atoms with E-state index in [-0.39, 0.29) is 5.57 Å². The van der Waals surface area contributed by atoms with Gasteiger partial charge in [-0.05, 0) is 26.3 Å². The smallest absolute Gasteiger partial charge is 0.336 e. The van der Waals surface area contributed by atoms with Gasteiger partial charge >= 0.3 is 5.97 Å². The Kier molecular flexibility index (Phi) is 4.57. The lowest BCUT2D eigenvalue weighted by atomic mass is 10.1. The van der Waals surface area contributed by atoms with Crippen molar-refractivity contribution in [1.82, 2.24) is 0 Å². The van der Waals surface area contributed by atoms with Crippen molar-refractivity contribution in [3.8, 4) is 0 Å². The first-order valence-corrected chi connectivity index (χ1v) is 4.58. The Balaban J connectivity index is 4.36. The second-order valence-corrected chi connectivity index (χ2v) is 3.65. The van der Waals surface area contributed by atoms with Crippen LogP contribution in [0, 0.1) is 0 Å². The second kappa shape index (κ2) is 4.96. The molecule has 0 radical (unpaired) electrons. The topological polar surface area (TPSA) is 46.5 Å². The molecule has 1 unspecified atom stereocenters. The fourth-order valence-corrected chi connectivity index (χ4v) is 0.729. The van der Waals surface area contributed by atoms with Crippen molar-refractivity contribution < 1.29 is 14.6 Å². The Labute approximate surface area is 85.1 Å². The Morgan fingerprint density at radius 1 is 1.64 bits per heavy atom. The van der Waals surface area contributed by atoms with Gasteiger partial charge in [-0.25, -0.2) is 4.79 Å². The van der Waals surface area contributed by atoms with E-state index in [4.69, 9.17) is 4.74 Å². The average molecular weight is 198 g/mol. The van der Waals surface area contributed by atoms with Crippen LogP contribution in [0.25, 0.3) is 0 Å². The molecule has 3 nitrogen and oxygen atoms in total. The van der Waals surface area contributed by atoms with Crippen LogP contribution in [0.15, 0.2) is 24.8 Å². The quantitative estimate of drug-likeness (QED) is 0.416. The molecule has 0 aliphatic carbocycles. The summed E-state index contributed by atoms with van der Waals surface area (Å²) >= 11 is 0. The van der Waals surface area contributed by atoms with Gasteiger partial charge < -0.3 is 9.84 Å². The van der Waals surface area contributed by atoms with E-state index in [0.717, 1.165) is 0 Å². The van der Waals surface area contributed by atoms with Gasteiger partial charge in [-0.15, -0.1) is 0 Å². The zero-order chi connectivity index (χ0) is 11.4. The van der Waals surface area contributed by atoms with E-state index in [1.165, 1.54) is 6.08 Å². The molecule has 14 heavy (non-hydrogen) atoms. The molecule has 0 saturated carbocycles. The molecule has 0 aliphatic heterocycles. The van der Waals surface area contributed by atoms with E-state index in [0.29, 0.717) is 6.42 Å². The lowest BCUT2D eigenvalue weighted by Crippen LogP contribution is -2.29. The first-order valence-electron chi connectivity index (χ1n) is 4.58.